The maximum absolute atomic E-state index is 13.7. The van der Waals surface area contributed by atoms with Crippen LogP contribution in [0, 0.1) is 0 Å². The number of hydrogen-bond donors (Lipinski definition) is 1. The molecule has 47 heavy (non-hydrogen) atoms. The van der Waals surface area contributed by atoms with Gasteiger partial charge < -0.3 is 24.0 Å². The molecule has 8 heteroatoms. The van der Waals surface area contributed by atoms with Crippen LogP contribution >= 0.6 is 11.8 Å². The van der Waals surface area contributed by atoms with Crippen LogP contribution in [0.1, 0.15) is 61.3 Å². The number of aromatic nitrogens is 1. The van der Waals surface area contributed by atoms with Crippen molar-refractivity contribution in [2.75, 3.05) is 19.7 Å². The van der Waals surface area contributed by atoms with Gasteiger partial charge in [-0.1, -0.05) is 66.7 Å². The van der Waals surface area contributed by atoms with Gasteiger partial charge in [0.1, 0.15) is 11.4 Å². The van der Waals surface area contributed by atoms with E-state index in [-0.39, 0.29) is 18.4 Å². The third-order valence-electron chi connectivity index (χ3n) is 8.30. The maximum Gasteiger partial charge on any atom is 0.410 e. The number of carbonyl (C=O) groups excluding carboxylic acids is 2. The third kappa shape index (κ3) is 7.03. The summed E-state index contributed by atoms with van der Waals surface area (Å²) in [6.45, 7) is 8.99. The zero-order chi connectivity index (χ0) is 33.1. The molecule has 0 saturated carbocycles. The summed E-state index contributed by atoms with van der Waals surface area (Å²) in [6, 6.07) is 28.4. The van der Waals surface area contributed by atoms with Crippen molar-refractivity contribution < 1.29 is 24.2 Å². The zero-order valence-corrected chi connectivity index (χ0v) is 28.1. The lowest BCUT2D eigenvalue weighted by atomic mass is 9.97. The zero-order valence-electron chi connectivity index (χ0n) is 27.3. The number of nitrogens with zero attached hydrogens (tertiary/aromatic N) is 2. The Labute approximate surface area is 279 Å². The second-order valence-corrected chi connectivity index (χ2v) is 13.7. The topological polar surface area (TPSA) is 81.0 Å². The second kappa shape index (κ2) is 13.6. The molecule has 0 saturated heterocycles. The largest absolute Gasteiger partial charge is 0.507 e. The molecule has 0 radical (unpaired) electrons. The van der Waals surface area contributed by atoms with E-state index in [4.69, 9.17) is 9.47 Å². The number of esters is 1. The molecule has 0 spiro atoms. The highest BCUT2D eigenvalue weighted by atomic mass is 32.2. The summed E-state index contributed by atoms with van der Waals surface area (Å²) in [5.41, 5.74) is 4.34. The van der Waals surface area contributed by atoms with Crippen LogP contribution in [0.3, 0.4) is 0 Å². The van der Waals surface area contributed by atoms with Crippen LogP contribution in [0.4, 0.5) is 4.79 Å². The first-order valence-corrected chi connectivity index (χ1v) is 17.0. The second-order valence-electron chi connectivity index (χ2n) is 12.7. The van der Waals surface area contributed by atoms with Gasteiger partial charge in [-0.15, -0.1) is 11.8 Å². The van der Waals surface area contributed by atoms with Crippen molar-refractivity contribution in [2.45, 2.75) is 56.9 Å². The minimum atomic E-state index is -0.576. The number of fused-ring (bicyclic) bond motifs is 2. The fraction of sp³-hybridized carbons (Fsp3) is 0.282. The summed E-state index contributed by atoms with van der Waals surface area (Å²) in [6.07, 6.45) is 2.19. The molecule has 5 aromatic rings. The van der Waals surface area contributed by atoms with E-state index in [9.17, 15) is 14.7 Å². The van der Waals surface area contributed by atoms with Crippen LogP contribution in [0.2, 0.25) is 0 Å². The summed E-state index contributed by atoms with van der Waals surface area (Å²) < 4.78 is 13.4. The van der Waals surface area contributed by atoms with Crippen molar-refractivity contribution in [1.82, 2.24) is 9.47 Å². The highest BCUT2D eigenvalue weighted by molar-refractivity contribution is 7.98. The molecule has 1 aliphatic rings. The number of phenolic OH excluding ortho intramolecular Hbond substituents is 1. The van der Waals surface area contributed by atoms with E-state index < -0.39 is 11.6 Å². The van der Waals surface area contributed by atoms with Crippen LogP contribution in [-0.4, -0.2) is 51.9 Å². The highest BCUT2D eigenvalue weighted by Gasteiger charge is 2.28. The molecule has 6 rings (SSSR count). The molecule has 1 N–H and O–H groups in total. The molecule has 1 aliphatic heterocycles. The Morgan fingerprint density at radius 2 is 1.68 bits per heavy atom. The quantitative estimate of drug-likeness (QED) is 0.134. The van der Waals surface area contributed by atoms with E-state index in [1.54, 1.807) is 29.7 Å². The molecular weight excluding hydrogens is 609 g/mol. The van der Waals surface area contributed by atoms with E-state index >= 15 is 0 Å². The van der Waals surface area contributed by atoms with Crippen LogP contribution < -0.4 is 0 Å². The van der Waals surface area contributed by atoms with Gasteiger partial charge >= 0.3 is 12.1 Å². The summed E-state index contributed by atoms with van der Waals surface area (Å²) in [5, 5.41) is 14.4. The molecule has 242 valence electrons. The van der Waals surface area contributed by atoms with Crippen molar-refractivity contribution in [3.63, 3.8) is 0 Å². The van der Waals surface area contributed by atoms with Crippen molar-refractivity contribution in [1.29, 1.82) is 0 Å². The molecular formula is C39H40N2O5S. The molecule has 4 aromatic carbocycles. The van der Waals surface area contributed by atoms with Crippen molar-refractivity contribution in [3.8, 4) is 5.75 Å². The predicted molar refractivity (Wildman–Crippen MR) is 189 cm³/mol. The Morgan fingerprint density at radius 1 is 0.936 bits per heavy atom. The number of phenols is 1. The SMILES string of the molecule is CCOC(=O)c1c(CSc2ccccc2)n(Cc2cccc3ccccc23)c2cc(C3=CCN(C(=O)OC(C)(C)C)CC3)c(O)cc12. The highest BCUT2D eigenvalue weighted by Crippen LogP contribution is 2.39. The Morgan fingerprint density at radius 3 is 2.40 bits per heavy atom. The summed E-state index contributed by atoms with van der Waals surface area (Å²) >= 11 is 1.66. The lowest BCUT2D eigenvalue weighted by Crippen LogP contribution is -2.39. The minimum Gasteiger partial charge on any atom is -0.507 e. The predicted octanol–water partition coefficient (Wildman–Crippen LogP) is 9.04. The summed E-state index contributed by atoms with van der Waals surface area (Å²) in [7, 11) is 0. The molecule has 2 heterocycles. The van der Waals surface area contributed by atoms with Gasteiger partial charge in [0, 0.05) is 46.9 Å². The average Bonchev–Trinajstić information content (AvgIpc) is 3.35. The first-order valence-electron chi connectivity index (χ1n) is 16.0. The standard InChI is InChI=1S/C39H40N2O5S/c1-5-45-37(43)36-32-23-35(42)31(27-18-20-40(21-19-27)38(44)46-39(2,3)4)22-33(32)41(34(36)25-47-29-15-7-6-8-16-29)24-28-14-11-13-26-12-9-10-17-30(26)28/h6-18,22-23,42H,5,19-21,24-25H2,1-4H3. The van der Waals surface area contributed by atoms with Gasteiger partial charge in [-0.3, -0.25) is 0 Å². The van der Waals surface area contributed by atoms with Crippen molar-refractivity contribution >= 4 is 51.1 Å². The van der Waals surface area contributed by atoms with Gasteiger partial charge in [0.05, 0.1) is 17.7 Å². The lowest BCUT2D eigenvalue weighted by molar-refractivity contribution is 0.0270. The van der Waals surface area contributed by atoms with Crippen LogP contribution in [0.5, 0.6) is 5.75 Å². The van der Waals surface area contributed by atoms with Crippen LogP contribution in [-0.2, 0) is 21.8 Å². The van der Waals surface area contributed by atoms with Gasteiger partial charge in [-0.05, 0) is 80.3 Å². The number of benzene rings is 4. The summed E-state index contributed by atoms with van der Waals surface area (Å²) in [5.74, 6) is 0.209. The Bertz CT molecular complexity index is 1970. The number of aromatic hydroxyl groups is 1. The first-order chi connectivity index (χ1) is 22.6. The van der Waals surface area contributed by atoms with Gasteiger partial charge in [0.25, 0.3) is 0 Å². The molecule has 0 bridgehead atoms. The Balaban J connectivity index is 1.48. The molecule has 0 aliphatic carbocycles. The van der Waals surface area contributed by atoms with Crippen LogP contribution in [0.15, 0.2) is 95.9 Å². The summed E-state index contributed by atoms with van der Waals surface area (Å²) in [4.78, 5) is 29.2. The number of rotatable bonds is 8. The third-order valence-corrected chi connectivity index (χ3v) is 9.33. The molecule has 7 nitrogen and oxygen atoms in total. The normalized spacial score (nSPS) is 13.5. The van der Waals surface area contributed by atoms with E-state index in [0.29, 0.717) is 48.3 Å². The first kappa shape index (κ1) is 32.3. The fourth-order valence-corrected chi connectivity index (χ4v) is 7.08. The van der Waals surface area contributed by atoms with Crippen molar-refractivity contribution in [2.24, 2.45) is 0 Å². The Hall–Kier alpha value is -4.69. The van der Waals surface area contributed by atoms with Crippen molar-refractivity contribution in [3.05, 3.63) is 113 Å². The number of hydrogen-bond acceptors (Lipinski definition) is 6. The van der Waals surface area contributed by atoms with Gasteiger partial charge in [0.2, 0.25) is 0 Å². The molecule has 1 amide bonds. The number of amides is 1. The molecule has 0 unspecified atom stereocenters. The fourth-order valence-electron chi connectivity index (χ4n) is 6.13. The maximum atomic E-state index is 13.7. The number of carbonyl (C=O) groups is 2. The molecule has 0 fully saturated rings. The molecule has 0 atom stereocenters. The van der Waals surface area contributed by atoms with E-state index in [0.717, 1.165) is 38.0 Å². The monoisotopic (exact) mass is 648 g/mol. The van der Waals surface area contributed by atoms with Gasteiger partial charge in [-0.2, -0.15) is 0 Å². The number of thioether (sulfide) groups is 1. The minimum absolute atomic E-state index is 0.0876. The number of ether oxygens (including phenoxy) is 2. The Kier molecular flexibility index (Phi) is 9.32. The smallest absolute Gasteiger partial charge is 0.410 e. The van der Waals surface area contributed by atoms with E-state index in [1.165, 1.54) is 0 Å². The average molecular weight is 649 g/mol. The molecule has 1 aromatic heterocycles. The van der Waals surface area contributed by atoms with E-state index in [1.807, 2.05) is 63.2 Å². The van der Waals surface area contributed by atoms with E-state index in [2.05, 4.69) is 47.0 Å². The lowest BCUT2D eigenvalue weighted by Gasteiger charge is -2.29. The van der Waals surface area contributed by atoms with Crippen LogP contribution in [0.25, 0.3) is 27.2 Å². The van der Waals surface area contributed by atoms with Gasteiger partial charge in [0.15, 0.2) is 0 Å². The van der Waals surface area contributed by atoms with Gasteiger partial charge in [-0.25, -0.2) is 9.59 Å².